The fourth-order valence-electron chi connectivity index (χ4n) is 3.29. The molecule has 0 aliphatic rings. The van der Waals surface area contributed by atoms with Gasteiger partial charge in [-0.05, 0) is 37.2 Å². The Hall–Kier alpha value is -1.39. The Morgan fingerprint density at radius 2 is 1.70 bits per heavy atom. The van der Waals surface area contributed by atoms with Crippen LogP contribution in [0.25, 0.3) is 0 Å². The summed E-state index contributed by atoms with van der Waals surface area (Å²) in [5.74, 6) is -0.379. The minimum absolute atomic E-state index is 0.237. The first-order valence-electron chi connectivity index (χ1n) is 8.76. The molecule has 5 N–H and O–H groups in total. The number of amides is 1. The van der Waals surface area contributed by atoms with Crippen molar-refractivity contribution in [2.75, 3.05) is 0 Å². The number of carbonyl (C=O) groups excluding carboxylic acids is 1. The van der Waals surface area contributed by atoms with Gasteiger partial charge in [-0.15, -0.1) is 0 Å². The monoisotopic (exact) mass is 320 g/mol. The minimum Gasteiger partial charge on any atom is -0.391 e. The SMILES string of the molecule is CCCC(CCC)[C@H](C[C@H](O)[C@@H](N)Cc1ccccc1)C(N)=O. The molecular weight excluding hydrogens is 288 g/mol. The van der Waals surface area contributed by atoms with Crippen molar-refractivity contribution < 1.29 is 9.90 Å². The molecule has 0 bridgehead atoms. The van der Waals surface area contributed by atoms with E-state index in [9.17, 15) is 9.90 Å². The Morgan fingerprint density at radius 3 is 2.17 bits per heavy atom. The molecule has 0 unspecified atom stereocenters. The molecule has 23 heavy (non-hydrogen) atoms. The molecule has 0 fully saturated rings. The molecule has 0 aliphatic heterocycles. The first-order valence-corrected chi connectivity index (χ1v) is 8.76. The number of hydrogen-bond donors (Lipinski definition) is 3. The van der Waals surface area contributed by atoms with E-state index in [0.29, 0.717) is 12.8 Å². The zero-order valence-electron chi connectivity index (χ0n) is 14.4. The van der Waals surface area contributed by atoms with E-state index in [1.54, 1.807) is 0 Å². The average molecular weight is 320 g/mol. The third-order valence-corrected chi connectivity index (χ3v) is 4.56. The lowest BCUT2D eigenvalue weighted by atomic mass is 9.80. The Labute approximate surface area is 140 Å². The van der Waals surface area contributed by atoms with Crippen LogP contribution in [0.15, 0.2) is 30.3 Å². The smallest absolute Gasteiger partial charge is 0.220 e. The minimum atomic E-state index is -0.719. The summed E-state index contributed by atoms with van der Waals surface area (Å²) in [4.78, 5) is 11.9. The van der Waals surface area contributed by atoms with Crippen LogP contribution in [-0.4, -0.2) is 23.2 Å². The average Bonchev–Trinajstić information content (AvgIpc) is 2.53. The third kappa shape index (κ3) is 6.71. The Bertz CT molecular complexity index is 444. The summed E-state index contributed by atoms with van der Waals surface area (Å²) < 4.78 is 0. The number of rotatable bonds is 11. The van der Waals surface area contributed by atoms with Crippen LogP contribution in [0.1, 0.15) is 51.5 Å². The number of nitrogens with two attached hydrogens (primary N) is 2. The topological polar surface area (TPSA) is 89.3 Å². The number of benzene rings is 1. The van der Waals surface area contributed by atoms with Crippen LogP contribution in [0.2, 0.25) is 0 Å². The van der Waals surface area contributed by atoms with E-state index in [0.717, 1.165) is 31.2 Å². The van der Waals surface area contributed by atoms with E-state index in [1.165, 1.54) is 0 Å². The summed E-state index contributed by atoms with van der Waals surface area (Å²) in [6.45, 7) is 4.22. The molecule has 0 radical (unpaired) electrons. The molecule has 1 rings (SSSR count). The Kier molecular flexibility index (Phi) is 8.89. The van der Waals surface area contributed by atoms with Gasteiger partial charge in [-0.3, -0.25) is 4.79 Å². The van der Waals surface area contributed by atoms with Gasteiger partial charge in [-0.2, -0.15) is 0 Å². The predicted octanol–water partition coefficient (Wildman–Crippen LogP) is 2.63. The van der Waals surface area contributed by atoms with E-state index >= 15 is 0 Å². The highest BCUT2D eigenvalue weighted by Gasteiger charge is 2.29. The molecule has 4 nitrogen and oxygen atoms in total. The summed E-state index contributed by atoms with van der Waals surface area (Å²) in [7, 11) is 0. The highest BCUT2D eigenvalue weighted by atomic mass is 16.3. The lowest BCUT2D eigenvalue weighted by Gasteiger charge is -2.28. The van der Waals surface area contributed by atoms with E-state index < -0.39 is 6.10 Å². The van der Waals surface area contributed by atoms with Crippen molar-refractivity contribution in [3.63, 3.8) is 0 Å². The first-order chi connectivity index (χ1) is 11.0. The van der Waals surface area contributed by atoms with Gasteiger partial charge in [0.05, 0.1) is 6.10 Å². The molecular formula is C19H32N2O2. The van der Waals surface area contributed by atoms with Gasteiger partial charge in [0.25, 0.3) is 0 Å². The molecule has 3 atom stereocenters. The molecule has 1 aromatic rings. The molecule has 1 amide bonds. The molecule has 0 aromatic heterocycles. The van der Waals surface area contributed by atoms with Crippen LogP contribution in [0.5, 0.6) is 0 Å². The predicted molar refractivity (Wildman–Crippen MR) is 94.7 cm³/mol. The van der Waals surface area contributed by atoms with E-state index in [-0.39, 0.29) is 23.8 Å². The Balaban J connectivity index is 2.68. The van der Waals surface area contributed by atoms with Crippen molar-refractivity contribution in [2.24, 2.45) is 23.3 Å². The molecule has 1 aromatic carbocycles. The summed E-state index contributed by atoms with van der Waals surface area (Å²) in [6.07, 6.45) is 4.18. The van der Waals surface area contributed by atoms with Gasteiger partial charge in [0.1, 0.15) is 0 Å². The Morgan fingerprint density at radius 1 is 1.13 bits per heavy atom. The molecule has 0 saturated heterocycles. The van der Waals surface area contributed by atoms with Crippen molar-refractivity contribution in [1.29, 1.82) is 0 Å². The number of hydrogen-bond acceptors (Lipinski definition) is 3. The fourth-order valence-corrected chi connectivity index (χ4v) is 3.29. The molecule has 0 spiro atoms. The van der Waals surface area contributed by atoms with Crippen LogP contribution in [0.3, 0.4) is 0 Å². The summed E-state index contributed by atoms with van der Waals surface area (Å²) in [5, 5.41) is 10.5. The number of primary amides is 1. The highest BCUT2D eigenvalue weighted by molar-refractivity contribution is 5.77. The van der Waals surface area contributed by atoms with Crippen LogP contribution >= 0.6 is 0 Å². The maximum atomic E-state index is 11.9. The van der Waals surface area contributed by atoms with Crippen molar-refractivity contribution in [3.05, 3.63) is 35.9 Å². The number of aliphatic hydroxyl groups is 1. The maximum Gasteiger partial charge on any atom is 0.220 e. The van der Waals surface area contributed by atoms with Crippen LogP contribution in [0.4, 0.5) is 0 Å². The van der Waals surface area contributed by atoms with Crippen LogP contribution in [0, 0.1) is 11.8 Å². The largest absolute Gasteiger partial charge is 0.391 e. The van der Waals surface area contributed by atoms with Gasteiger partial charge in [0.15, 0.2) is 0 Å². The normalized spacial score (nSPS) is 15.3. The zero-order valence-corrected chi connectivity index (χ0v) is 14.4. The van der Waals surface area contributed by atoms with E-state index in [2.05, 4.69) is 13.8 Å². The van der Waals surface area contributed by atoms with Crippen molar-refractivity contribution in [1.82, 2.24) is 0 Å². The van der Waals surface area contributed by atoms with Gasteiger partial charge in [-0.1, -0.05) is 57.0 Å². The third-order valence-electron chi connectivity index (χ3n) is 4.56. The quantitative estimate of drug-likeness (QED) is 0.585. The van der Waals surface area contributed by atoms with E-state index in [4.69, 9.17) is 11.5 Å². The molecule has 0 saturated carbocycles. The zero-order chi connectivity index (χ0) is 17.2. The van der Waals surface area contributed by atoms with Crippen molar-refractivity contribution >= 4 is 5.91 Å². The van der Waals surface area contributed by atoms with Crippen LogP contribution in [-0.2, 0) is 11.2 Å². The highest BCUT2D eigenvalue weighted by Crippen LogP contribution is 2.27. The maximum absolute atomic E-state index is 11.9. The van der Waals surface area contributed by atoms with Crippen molar-refractivity contribution in [2.45, 2.75) is 64.5 Å². The number of aliphatic hydroxyl groups excluding tert-OH is 1. The second-order valence-corrected chi connectivity index (χ2v) is 6.50. The lowest BCUT2D eigenvalue weighted by Crippen LogP contribution is -2.41. The fraction of sp³-hybridized carbons (Fsp3) is 0.632. The van der Waals surface area contributed by atoms with Gasteiger partial charge < -0.3 is 16.6 Å². The standard InChI is InChI=1S/C19H32N2O2/c1-3-8-15(9-4-2)16(19(21)23)13-18(22)17(20)12-14-10-6-5-7-11-14/h5-7,10-11,15-18,22H,3-4,8-9,12-13,20H2,1-2H3,(H2,21,23)/t16-,17-,18-/m0/s1. The van der Waals surface area contributed by atoms with Crippen molar-refractivity contribution in [3.8, 4) is 0 Å². The van der Waals surface area contributed by atoms with E-state index in [1.807, 2.05) is 30.3 Å². The lowest BCUT2D eigenvalue weighted by molar-refractivity contribution is -0.125. The molecule has 4 heteroatoms. The van der Waals surface area contributed by atoms with Gasteiger partial charge in [-0.25, -0.2) is 0 Å². The summed E-state index contributed by atoms with van der Waals surface area (Å²) in [6, 6.07) is 9.47. The second kappa shape index (κ2) is 10.4. The second-order valence-electron chi connectivity index (χ2n) is 6.50. The molecule has 0 heterocycles. The van der Waals surface area contributed by atoms with Gasteiger partial charge in [0, 0.05) is 12.0 Å². The molecule has 0 aliphatic carbocycles. The van der Waals surface area contributed by atoms with Gasteiger partial charge >= 0.3 is 0 Å². The first kappa shape index (κ1) is 19.7. The summed E-state index contributed by atoms with van der Waals surface area (Å²) in [5.41, 5.74) is 12.8. The molecule has 130 valence electrons. The summed E-state index contributed by atoms with van der Waals surface area (Å²) >= 11 is 0. The number of carbonyl (C=O) groups is 1. The van der Waals surface area contributed by atoms with Gasteiger partial charge in [0.2, 0.25) is 5.91 Å². The van der Waals surface area contributed by atoms with Crippen LogP contribution < -0.4 is 11.5 Å².